The summed E-state index contributed by atoms with van der Waals surface area (Å²) in [6.07, 6.45) is 2.60. The van der Waals surface area contributed by atoms with Crippen LogP contribution in [0.2, 0.25) is 0 Å². The first-order valence-electron chi connectivity index (χ1n) is 13.3. The first kappa shape index (κ1) is 28.3. The number of hydrogen-bond donors (Lipinski definition) is 2. The third-order valence-corrected chi connectivity index (χ3v) is 7.93. The second-order valence-electron chi connectivity index (χ2n) is 10.5. The van der Waals surface area contributed by atoms with Gasteiger partial charge in [0.25, 0.3) is 5.91 Å². The summed E-state index contributed by atoms with van der Waals surface area (Å²) in [6.45, 7) is 0.0546. The maximum absolute atomic E-state index is 13.7. The standard InChI is InChI=1S/C29H34F2N4O4/c1-35(26(38)21-11-15-29(30,31)16-12-21)28(13-7-14-28)27(39)34-23(18-20-8-3-2-4-9-20)24(36)25(37)33-19-22-10-5-6-17-32-22/h2-6,8-10,17,21,23H,7,11-16,18-19H2,1H3,(H,33,37)(H,34,39)/t23-/m1/s1. The van der Waals surface area contributed by atoms with E-state index in [0.717, 1.165) is 5.56 Å². The Morgan fingerprint density at radius 1 is 1.00 bits per heavy atom. The Balaban J connectivity index is 1.47. The van der Waals surface area contributed by atoms with Crippen molar-refractivity contribution in [1.82, 2.24) is 20.5 Å². The van der Waals surface area contributed by atoms with E-state index in [1.54, 1.807) is 48.7 Å². The van der Waals surface area contributed by atoms with Crippen LogP contribution in [0.3, 0.4) is 0 Å². The molecule has 0 aliphatic heterocycles. The van der Waals surface area contributed by atoms with Gasteiger partial charge in [0.05, 0.1) is 12.2 Å². The number of carbonyl (C=O) groups excluding carboxylic acids is 4. The lowest BCUT2D eigenvalue weighted by molar-refractivity contribution is -0.157. The number of likely N-dealkylation sites (N-methyl/N-ethyl adjacent to an activating group) is 1. The lowest BCUT2D eigenvalue weighted by Gasteiger charge is -2.48. The first-order valence-corrected chi connectivity index (χ1v) is 13.3. The van der Waals surface area contributed by atoms with E-state index < -0.39 is 41.0 Å². The summed E-state index contributed by atoms with van der Waals surface area (Å²) in [6, 6.07) is 13.1. The van der Waals surface area contributed by atoms with Gasteiger partial charge in [0.1, 0.15) is 11.6 Å². The molecule has 0 spiro atoms. The number of carbonyl (C=O) groups is 4. The van der Waals surface area contributed by atoms with E-state index in [0.29, 0.717) is 25.0 Å². The summed E-state index contributed by atoms with van der Waals surface area (Å²) in [4.78, 5) is 58.5. The summed E-state index contributed by atoms with van der Waals surface area (Å²) in [5, 5.41) is 5.33. The topological polar surface area (TPSA) is 108 Å². The Morgan fingerprint density at radius 3 is 2.26 bits per heavy atom. The molecular formula is C29H34F2N4O4. The number of nitrogens with zero attached hydrogens (tertiary/aromatic N) is 2. The van der Waals surface area contributed by atoms with Gasteiger partial charge in [-0.05, 0) is 49.8 Å². The Bertz CT molecular complexity index is 1180. The number of pyridine rings is 1. The average molecular weight is 541 g/mol. The van der Waals surface area contributed by atoms with Crippen LogP contribution in [-0.4, -0.2) is 57.9 Å². The first-order chi connectivity index (χ1) is 18.6. The molecule has 2 saturated carbocycles. The number of aromatic nitrogens is 1. The molecule has 0 unspecified atom stereocenters. The fourth-order valence-corrected chi connectivity index (χ4v) is 5.27. The Labute approximate surface area is 226 Å². The molecule has 39 heavy (non-hydrogen) atoms. The fourth-order valence-electron chi connectivity index (χ4n) is 5.27. The van der Waals surface area contributed by atoms with Crippen LogP contribution < -0.4 is 10.6 Å². The maximum atomic E-state index is 13.7. The molecule has 1 atom stereocenters. The molecule has 3 amide bonds. The van der Waals surface area contributed by atoms with Gasteiger partial charge < -0.3 is 15.5 Å². The Hall–Kier alpha value is -3.69. The van der Waals surface area contributed by atoms with Crippen LogP contribution in [-0.2, 0) is 32.1 Å². The quantitative estimate of drug-likeness (QED) is 0.450. The fraction of sp³-hybridized carbons (Fsp3) is 0.483. The predicted molar refractivity (Wildman–Crippen MR) is 139 cm³/mol. The zero-order valence-corrected chi connectivity index (χ0v) is 22.0. The minimum Gasteiger partial charge on any atom is -0.344 e. The number of ketones is 1. The van der Waals surface area contributed by atoms with E-state index in [9.17, 15) is 28.0 Å². The lowest BCUT2D eigenvalue weighted by atomic mass is 9.73. The van der Waals surface area contributed by atoms with Gasteiger partial charge >= 0.3 is 0 Å². The molecule has 1 aromatic heterocycles. The van der Waals surface area contributed by atoms with E-state index in [2.05, 4.69) is 15.6 Å². The summed E-state index contributed by atoms with van der Waals surface area (Å²) >= 11 is 0. The smallest absolute Gasteiger partial charge is 0.289 e. The number of Topliss-reactive ketones (excluding diaryl/α,β-unsaturated/α-hetero) is 1. The van der Waals surface area contributed by atoms with E-state index in [-0.39, 0.29) is 44.6 Å². The second kappa shape index (κ2) is 12.0. The highest BCUT2D eigenvalue weighted by Gasteiger charge is 2.52. The van der Waals surface area contributed by atoms with Crippen molar-refractivity contribution in [3.05, 3.63) is 66.0 Å². The zero-order valence-electron chi connectivity index (χ0n) is 22.0. The van der Waals surface area contributed by atoms with Crippen molar-refractivity contribution in [3.8, 4) is 0 Å². The molecule has 2 fully saturated rings. The van der Waals surface area contributed by atoms with Crippen LogP contribution in [0.1, 0.15) is 56.2 Å². The number of halogens is 2. The van der Waals surface area contributed by atoms with Crippen LogP contribution in [0.15, 0.2) is 54.7 Å². The number of rotatable bonds is 10. The largest absolute Gasteiger partial charge is 0.344 e. The van der Waals surface area contributed by atoms with E-state index >= 15 is 0 Å². The van der Waals surface area contributed by atoms with Crippen molar-refractivity contribution in [3.63, 3.8) is 0 Å². The van der Waals surface area contributed by atoms with Crippen molar-refractivity contribution in [2.45, 2.75) is 75.4 Å². The van der Waals surface area contributed by atoms with Gasteiger partial charge in [-0.2, -0.15) is 0 Å². The van der Waals surface area contributed by atoms with Crippen molar-refractivity contribution in [2.75, 3.05) is 7.05 Å². The second-order valence-corrected chi connectivity index (χ2v) is 10.5. The Kier molecular flexibility index (Phi) is 8.72. The molecule has 208 valence electrons. The zero-order chi connectivity index (χ0) is 28.0. The summed E-state index contributed by atoms with van der Waals surface area (Å²) in [7, 11) is 1.53. The minimum atomic E-state index is -2.76. The monoisotopic (exact) mass is 540 g/mol. The third-order valence-electron chi connectivity index (χ3n) is 7.93. The van der Waals surface area contributed by atoms with Crippen molar-refractivity contribution in [1.29, 1.82) is 0 Å². The number of amides is 3. The van der Waals surface area contributed by atoms with Gasteiger partial charge in [-0.3, -0.25) is 24.2 Å². The molecule has 2 aliphatic carbocycles. The van der Waals surface area contributed by atoms with Crippen LogP contribution >= 0.6 is 0 Å². The van der Waals surface area contributed by atoms with Gasteiger partial charge in [0.2, 0.25) is 23.5 Å². The normalized spacial score (nSPS) is 18.7. The molecule has 8 nitrogen and oxygen atoms in total. The number of alkyl halides is 2. The number of hydrogen-bond acceptors (Lipinski definition) is 5. The number of nitrogens with one attached hydrogen (secondary N) is 2. The maximum Gasteiger partial charge on any atom is 0.289 e. The third kappa shape index (κ3) is 6.66. The van der Waals surface area contributed by atoms with Gasteiger partial charge in [0, 0.05) is 38.4 Å². The van der Waals surface area contributed by atoms with E-state index in [1.807, 2.05) is 6.07 Å². The highest BCUT2D eigenvalue weighted by Crippen LogP contribution is 2.41. The molecule has 4 rings (SSSR count). The summed E-state index contributed by atoms with van der Waals surface area (Å²) in [5.41, 5.74) is 0.150. The SMILES string of the molecule is CN(C(=O)C1CCC(F)(F)CC1)C1(C(=O)N[C@H](Cc2ccccc2)C(=O)C(=O)NCc2ccccn2)CCC1. The van der Waals surface area contributed by atoms with Gasteiger partial charge in [0.15, 0.2) is 0 Å². The molecule has 0 radical (unpaired) electrons. The van der Waals surface area contributed by atoms with Gasteiger partial charge in [-0.15, -0.1) is 0 Å². The van der Waals surface area contributed by atoms with Gasteiger partial charge in [-0.1, -0.05) is 36.4 Å². The van der Waals surface area contributed by atoms with Crippen molar-refractivity contribution in [2.24, 2.45) is 5.92 Å². The molecule has 10 heteroatoms. The molecule has 1 aromatic carbocycles. The number of benzene rings is 1. The van der Waals surface area contributed by atoms with Crippen LogP contribution in [0.4, 0.5) is 8.78 Å². The Morgan fingerprint density at radius 2 is 1.67 bits per heavy atom. The molecule has 0 bridgehead atoms. The van der Waals surface area contributed by atoms with Gasteiger partial charge in [-0.25, -0.2) is 8.78 Å². The summed E-state index contributed by atoms with van der Waals surface area (Å²) < 4.78 is 27.3. The van der Waals surface area contributed by atoms with Crippen molar-refractivity contribution >= 4 is 23.5 Å². The summed E-state index contributed by atoms with van der Waals surface area (Å²) in [5.74, 6) is -5.84. The van der Waals surface area contributed by atoms with Crippen molar-refractivity contribution < 1.29 is 28.0 Å². The van der Waals surface area contributed by atoms with Crippen LogP contribution in [0.25, 0.3) is 0 Å². The van der Waals surface area contributed by atoms with Crippen LogP contribution in [0, 0.1) is 5.92 Å². The highest BCUT2D eigenvalue weighted by molar-refractivity contribution is 6.38. The minimum absolute atomic E-state index is 0.0546. The lowest BCUT2D eigenvalue weighted by Crippen LogP contribution is -2.66. The molecule has 2 aliphatic rings. The molecule has 0 saturated heterocycles. The molecule has 1 heterocycles. The van der Waals surface area contributed by atoms with E-state index in [1.165, 1.54) is 11.9 Å². The highest BCUT2D eigenvalue weighted by atomic mass is 19.3. The average Bonchev–Trinajstić information content (AvgIpc) is 2.91. The predicted octanol–water partition coefficient (Wildman–Crippen LogP) is 3.20. The van der Waals surface area contributed by atoms with E-state index in [4.69, 9.17) is 0 Å². The molecular weight excluding hydrogens is 506 g/mol. The molecule has 2 N–H and O–H groups in total. The van der Waals surface area contributed by atoms with Crippen LogP contribution in [0.5, 0.6) is 0 Å². The molecule has 2 aromatic rings.